The number of methoxy groups -OCH3 is 1. The van der Waals surface area contributed by atoms with E-state index in [-0.39, 0.29) is 12.6 Å². The molecule has 0 radical (unpaired) electrons. The average molecular weight is 320 g/mol. The number of rotatable bonds is 7. The van der Waals surface area contributed by atoms with Crippen LogP contribution in [0.25, 0.3) is 0 Å². The van der Waals surface area contributed by atoms with Gasteiger partial charge in [0, 0.05) is 6.04 Å². The van der Waals surface area contributed by atoms with Gasteiger partial charge in [-0.2, -0.15) is 0 Å². The predicted octanol–water partition coefficient (Wildman–Crippen LogP) is 3.37. The van der Waals surface area contributed by atoms with Gasteiger partial charge >= 0.3 is 6.09 Å². The minimum Gasteiger partial charge on any atom is -0.453 e. The molecule has 2 amide bonds. The maximum absolute atomic E-state index is 11.7. The Morgan fingerprint density at radius 3 is 2.13 bits per heavy atom. The van der Waals surface area contributed by atoms with Crippen molar-refractivity contribution < 1.29 is 14.3 Å². The SMILES string of the molecule is CC[C@@H](C)c1ccc([C@H](NCC(=O)NC(=O)OC)C(C)C)cc1. The van der Waals surface area contributed by atoms with E-state index < -0.39 is 12.0 Å². The van der Waals surface area contributed by atoms with Crippen molar-refractivity contribution in [2.24, 2.45) is 5.92 Å². The number of hydrogen-bond acceptors (Lipinski definition) is 4. The van der Waals surface area contributed by atoms with Crippen molar-refractivity contribution in [3.05, 3.63) is 35.4 Å². The number of carbonyl (C=O) groups is 2. The van der Waals surface area contributed by atoms with Crippen LogP contribution < -0.4 is 10.6 Å². The number of imide groups is 1. The smallest absolute Gasteiger partial charge is 0.413 e. The van der Waals surface area contributed by atoms with Crippen molar-refractivity contribution in [1.29, 1.82) is 0 Å². The van der Waals surface area contributed by atoms with Crippen molar-refractivity contribution in [2.45, 2.75) is 46.1 Å². The maximum atomic E-state index is 11.7. The molecule has 1 rings (SSSR count). The van der Waals surface area contributed by atoms with Crippen molar-refractivity contribution in [3.63, 3.8) is 0 Å². The number of carbonyl (C=O) groups excluding carboxylic acids is 2. The summed E-state index contributed by atoms with van der Waals surface area (Å²) in [6.07, 6.45) is 0.370. The molecular weight excluding hydrogens is 292 g/mol. The van der Waals surface area contributed by atoms with Crippen molar-refractivity contribution >= 4 is 12.0 Å². The fourth-order valence-electron chi connectivity index (χ4n) is 2.42. The highest BCUT2D eigenvalue weighted by Gasteiger charge is 2.17. The Bertz CT molecular complexity index is 512. The second-order valence-electron chi connectivity index (χ2n) is 6.12. The molecular formula is C18H28N2O3. The summed E-state index contributed by atoms with van der Waals surface area (Å²) in [5.41, 5.74) is 2.46. The first-order valence-corrected chi connectivity index (χ1v) is 8.10. The fraction of sp³-hybridized carbons (Fsp3) is 0.556. The van der Waals surface area contributed by atoms with Crippen molar-refractivity contribution in [1.82, 2.24) is 10.6 Å². The zero-order chi connectivity index (χ0) is 17.4. The number of hydrogen-bond donors (Lipinski definition) is 2. The van der Waals surface area contributed by atoms with Gasteiger partial charge in [0.2, 0.25) is 5.91 Å². The third-order valence-electron chi connectivity index (χ3n) is 4.05. The van der Waals surface area contributed by atoms with Crippen LogP contribution in [0.15, 0.2) is 24.3 Å². The van der Waals surface area contributed by atoms with E-state index in [0.29, 0.717) is 11.8 Å². The summed E-state index contributed by atoms with van der Waals surface area (Å²) in [5, 5.41) is 5.35. The summed E-state index contributed by atoms with van der Waals surface area (Å²) in [6.45, 7) is 8.64. The van der Waals surface area contributed by atoms with Gasteiger partial charge in [0.25, 0.3) is 0 Å². The Labute approximate surface area is 138 Å². The number of amides is 2. The van der Waals surface area contributed by atoms with E-state index in [1.165, 1.54) is 12.7 Å². The molecule has 0 saturated carbocycles. The first kappa shape index (κ1) is 19.2. The molecule has 0 bridgehead atoms. The summed E-state index contributed by atoms with van der Waals surface area (Å²) in [7, 11) is 1.23. The van der Waals surface area contributed by atoms with E-state index in [2.05, 4.69) is 67.3 Å². The molecule has 0 heterocycles. The predicted molar refractivity (Wildman–Crippen MR) is 91.3 cm³/mol. The monoisotopic (exact) mass is 320 g/mol. The first-order chi connectivity index (χ1) is 10.9. The van der Waals surface area contributed by atoms with Crippen LogP contribution in [0.2, 0.25) is 0 Å². The Balaban J connectivity index is 2.71. The van der Waals surface area contributed by atoms with E-state index in [4.69, 9.17) is 0 Å². The molecule has 0 saturated heterocycles. The molecule has 0 aromatic heterocycles. The largest absolute Gasteiger partial charge is 0.453 e. The molecule has 0 spiro atoms. The lowest BCUT2D eigenvalue weighted by molar-refractivity contribution is -0.119. The van der Waals surface area contributed by atoms with Gasteiger partial charge in [-0.1, -0.05) is 52.0 Å². The molecule has 5 heteroatoms. The second kappa shape index (κ2) is 9.30. The Hall–Kier alpha value is -1.88. The summed E-state index contributed by atoms with van der Waals surface area (Å²) in [6, 6.07) is 8.56. The number of alkyl carbamates (subject to hydrolysis) is 1. The molecule has 2 atom stereocenters. The third kappa shape index (κ3) is 6.02. The number of ether oxygens (including phenoxy) is 1. The summed E-state index contributed by atoms with van der Waals surface area (Å²) < 4.78 is 4.41. The van der Waals surface area contributed by atoms with Crippen LogP contribution in [0, 0.1) is 5.92 Å². The average Bonchev–Trinajstić information content (AvgIpc) is 2.54. The molecule has 0 aliphatic heterocycles. The molecule has 128 valence electrons. The van der Waals surface area contributed by atoms with Crippen LogP contribution in [0.3, 0.4) is 0 Å². The van der Waals surface area contributed by atoms with Crippen LogP contribution in [0.5, 0.6) is 0 Å². The number of nitrogens with one attached hydrogen (secondary N) is 2. The molecule has 2 N–H and O–H groups in total. The highest BCUT2D eigenvalue weighted by Crippen LogP contribution is 2.25. The van der Waals surface area contributed by atoms with Crippen molar-refractivity contribution in [3.8, 4) is 0 Å². The fourth-order valence-corrected chi connectivity index (χ4v) is 2.42. The Morgan fingerprint density at radius 2 is 1.65 bits per heavy atom. The summed E-state index contributed by atoms with van der Waals surface area (Å²) >= 11 is 0. The van der Waals surface area contributed by atoms with E-state index in [9.17, 15) is 9.59 Å². The minimum atomic E-state index is -0.740. The standard InChI is InChI=1S/C18H28N2O3/c1-6-13(4)14-7-9-15(10-8-14)17(12(2)3)19-11-16(21)20-18(22)23-5/h7-10,12-13,17,19H,6,11H2,1-5H3,(H,20,21,22)/t13-,17-/m1/s1. The third-order valence-corrected chi connectivity index (χ3v) is 4.05. The lowest BCUT2D eigenvalue weighted by Gasteiger charge is -2.23. The van der Waals surface area contributed by atoms with Crippen molar-refractivity contribution in [2.75, 3.05) is 13.7 Å². The van der Waals surface area contributed by atoms with E-state index in [1.807, 2.05) is 0 Å². The molecule has 0 aliphatic carbocycles. The van der Waals surface area contributed by atoms with Gasteiger partial charge < -0.3 is 10.1 Å². The quantitative estimate of drug-likeness (QED) is 0.808. The highest BCUT2D eigenvalue weighted by molar-refractivity contribution is 5.92. The van der Waals surface area contributed by atoms with Crippen LogP contribution in [-0.4, -0.2) is 25.7 Å². The molecule has 1 aromatic carbocycles. The molecule has 5 nitrogen and oxygen atoms in total. The van der Waals surface area contributed by atoms with Crippen LogP contribution in [-0.2, 0) is 9.53 Å². The van der Waals surface area contributed by atoms with Gasteiger partial charge in [-0.3, -0.25) is 10.1 Å². The normalized spacial score (nSPS) is 13.5. The zero-order valence-corrected chi connectivity index (χ0v) is 14.7. The van der Waals surface area contributed by atoms with Gasteiger partial charge in [-0.05, 0) is 29.4 Å². The highest BCUT2D eigenvalue weighted by atomic mass is 16.5. The number of benzene rings is 1. The molecule has 0 unspecified atom stereocenters. The lowest BCUT2D eigenvalue weighted by atomic mass is 9.92. The molecule has 0 aliphatic rings. The lowest BCUT2D eigenvalue weighted by Crippen LogP contribution is -2.39. The van der Waals surface area contributed by atoms with Crippen LogP contribution in [0.4, 0.5) is 4.79 Å². The Morgan fingerprint density at radius 1 is 1.09 bits per heavy atom. The van der Waals surface area contributed by atoms with Gasteiger partial charge in [0.15, 0.2) is 0 Å². The molecule has 1 aromatic rings. The van der Waals surface area contributed by atoms with E-state index in [0.717, 1.165) is 12.0 Å². The van der Waals surface area contributed by atoms with Gasteiger partial charge in [-0.25, -0.2) is 4.79 Å². The Kier molecular flexibility index (Phi) is 7.75. The second-order valence-corrected chi connectivity index (χ2v) is 6.12. The molecule has 0 fully saturated rings. The first-order valence-electron chi connectivity index (χ1n) is 8.10. The van der Waals surface area contributed by atoms with Crippen LogP contribution in [0.1, 0.15) is 57.2 Å². The molecule has 23 heavy (non-hydrogen) atoms. The van der Waals surface area contributed by atoms with Gasteiger partial charge in [-0.15, -0.1) is 0 Å². The zero-order valence-electron chi connectivity index (χ0n) is 14.7. The van der Waals surface area contributed by atoms with E-state index >= 15 is 0 Å². The minimum absolute atomic E-state index is 0.0457. The van der Waals surface area contributed by atoms with Crippen LogP contribution >= 0.6 is 0 Å². The van der Waals surface area contributed by atoms with Gasteiger partial charge in [0.1, 0.15) is 0 Å². The maximum Gasteiger partial charge on any atom is 0.413 e. The van der Waals surface area contributed by atoms with Gasteiger partial charge in [0.05, 0.1) is 13.7 Å². The summed E-state index contributed by atoms with van der Waals surface area (Å²) in [5.74, 6) is 0.453. The summed E-state index contributed by atoms with van der Waals surface area (Å²) in [4.78, 5) is 22.7. The van der Waals surface area contributed by atoms with E-state index in [1.54, 1.807) is 0 Å². The topological polar surface area (TPSA) is 67.4 Å².